The van der Waals surface area contributed by atoms with E-state index in [1.807, 2.05) is 0 Å². The monoisotopic (exact) mass is 325 g/mol. The molecule has 0 saturated carbocycles. The second-order valence-electron chi connectivity index (χ2n) is 2.40. The highest BCUT2D eigenvalue weighted by atomic mass is 127. The summed E-state index contributed by atoms with van der Waals surface area (Å²) >= 11 is 1.57. The van der Waals surface area contributed by atoms with Crippen LogP contribution in [0, 0.1) is 25.1 Å². The predicted octanol–water partition coefficient (Wildman–Crippen LogP) is 2.40. The molecule has 78 valence electrons. The summed E-state index contributed by atoms with van der Waals surface area (Å²) in [5, 5.41) is 19.0. The molecule has 0 bridgehead atoms. The average molecular weight is 325 g/mol. The first-order valence-corrected chi connectivity index (χ1v) is 4.58. The summed E-state index contributed by atoms with van der Waals surface area (Å²) in [7, 11) is 0. The number of hydrogen-bond acceptors (Lipinski definition) is 4. The first-order valence-electron chi connectivity index (χ1n) is 3.50. The average Bonchev–Trinajstić information content (AvgIpc) is 2.16. The fourth-order valence-electron chi connectivity index (χ4n) is 0.879. The molecule has 1 aromatic heterocycles. The first-order chi connectivity index (χ1) is 6.97. The topological polar surface area (TPSA) is 79.8 Å². The maximum Gasteiger partial charge on any atom is 0.298 e. The Labute approximate surface area is 96.0 Å². The fourth-order valence-corrected chi connectivity index (χ4v) is 1.41. The molecule has 0 aliphatic rings. The molecule has 0 amide bonds. The fraction of sp³-hybridized carbons (Fsp3) is 0.143. The minimum Gasteiger partial charge on any atom is -0.258 e. The van der Waals surface area contributed by atoms with Gasteiger partial charge in [0.2, 0.25) is 0 Å². The van der Waals surface area contributed by atoms with Crippen LogP contribution in [-0.4, -0.2) is 9.91 Å². The maximum absolute atomic E-state index is 12.4. The van der Waals surface area contributed by atoms with Crippen molar-refractivity contribution in [1.82, 2.24) is 4.98 Å². The zero-order valence-electron chi connectivity index (χ0n) is 6.95. The Morgan fingerprint density at radius 1 is 1.67 bits per heavy atom. The van der Waals surface area contributed by atoms with Gasteiger partial charge in [-0.15, -0.1) is 0 Å². The predicted molar refractivity (Wildman–Crippen MR) is 53.3 cm³/mol. The SMILES string of the molecule is N#Cc1cc([N+](=O)[O-])c(C(F)F)nc1I. The van der Waals surface area contributed by atoms with Crippen molar-refractivity contribution in [3.05, 3.63) is 31.1 Å². The standard InChI is InChI=1S/C7H2F2IN3O2/c8-6(9)5-4(13(14)15)1-3(2-11)7(10)12-5/h1,6H. The summed E-state index contributed by atoms with van der Waals surface area (Å²) in [4.78, 5) is 12.8. The Hall–Kier alpha value is -1.37. The minimum absolute atomic E-state index is 0.0241. The van der Waals surface area contributed by atoms with Crippen molar-refractivity contribution in [2.24, 2.45) is 0 Å². The third-order valence-electron chi connectivity index (χ3n) is 1.51. The molecule has 0 aliphatic carbocycles. The Bertz CT molecular complexity index is 458. The van der Waals surface area contributed by atoms with Gasteiger partial charge in [0.15, 0.2) is 5.69 Å². The largest absolute Gasteiger partial charge is 0.298 e. The maximum atomic E-state index is 12.4. The Kier molecular flexibility index (Phi) is 3.46. The number of halogens is 3. The van der Waals surface area contributed by atoms with Gasteiger partial charge in [-0.1, -0.05) is 0 Å². The molecule has 1 aromatic rings. The van der Waals surface area contributed by atoms with Gasteiger partial charge in [0.25, 0.3) is 12.1 Å². The smallest absolute Gasteiger partial charge is 0.258 e. The molecule has 0 N–H and O–H groups in total. The zero-order chi connectivity index (χ0) is 11.6. The molecule has 0 aromatic carbocycles. The van der Waals surface area contributed by atoms with Crippen LogP contribution >= 0.6 is 22.6 Å². The van der Waals surface area contributed by atoms with E-state index in [9.17, 15) is 18.9 Å². The van der Waals surface area contributed by atoms with Crippen molar-refractivity contribution in [3.63, 3.8) is 0 Å². The van der Waals surface area contributed by atoms with Crippen LogP contribution in [0.25, 0.3) is 0 Å². The van der Waals surface area contributed by atoms with Crippen molar-refractivity contribution < 1.29 is 13.7 Å². The quantitative estimate of drug-likeness (QED) is 0.362. The number of nitrogens with zero attached hydrogens (tertiary/aromatic N) is 3. The highest BCUT2D eigenvalue weighted by molar-refractivity contribution is 14.1. The Morgan fingerprint density at radius 3 is 2.67 bits per heavy atom. The zero-order valence-corrected chi connectivity index (χ0v) is 9.10. The molecular weight excluding hydrogens is 323 g/mol. The van der Waals surface area contributed by atoms with Gasteiger partial charge in [0.1, 0.15) is 9.77 Å². The van der Waals surface area contributed by atoms with Crippen LogP contribution in [0.1, 0.15) is 17.7 Å². The summed E-state index contributed by atoms with van der Waals surface area (Å²) in [6.07, 6.45) is -3.04. The van der Waals surface area contributed by atoms with Crippen molar-refractivity contribution in [2.75, 3.05) is 0 Å². The van der Waals surface area contributed by atoms with Crippen LogP contribution in [0.2, 0.25) is 0 Å². The van der Waals surface area contributed by atoms with Gasteiger partial charge in [-0.3, -0.25) is 10.1 Å². The van der Waals surface area contributed by atoms with E-state index in [1.54, 1.807) is 28.7 Å². The van der Waals surface area contributed by atoms with E-state index in [-0.39, 0.29) is 9.26 Å². The van der Waals surface area contributed by atoms with Crippen molar-refractivity contribution in [1.29, 1.82) is 5.26 Å². The molecule has 0 atom stereocenters. The van der Waals surface area contributed by atoms with Gasteiger partial charge in [-0.2, -0.15) is 5.26 Å². The Balaban J connectivity index is 3.47. The molecule has 15 heavy (non-hydrogen) atoms. The lowest BCUT2D eigenvalue weighted by Gasteiger charge is -2.02. The molecule has 1 rings (SSSR count). The third-order valence-corrected chi connectivity index (χ3v) is 2.33. The molecule has 8 heteroatoms. The molecule has 1 heterocycles. The van der Waals surface area contributed by atoms with Crippen LogP contribution in [-0.2, 0) is 0 Å². The summed E-state index contributed by atoms with van der Waals surface area (Å²) in [6.45, 7) is 0. The molecule has 5 nitrogen and oxygen atoms in total. The van der Waals surface area contributed by atoms with Crippen LogP contribution in [0.3, 0.4) is 0 Å². The summed E-state index contributed by atoms with van der Waals surface area (Å²) < 4.78 is 24.7. The van der Waals surface area contributed by atoms with Crippen molar-refractivity contribution >= 4 is 28.3 Å². The number of hydrogen-bond donors (Lipinski definition) is 0. The lowest BCUT2D eigenvalue weighted by atomic mass is 10.2. The van der Waals surface area contributed by atoms with E-state index in [4.69, 9.17) is 5.26 Å². The van der Waals surface area contributed by atoms with Crippen LogP contribution in [0.15, 0.2) is 6.07 Å². The van der Waals surface area contributed by atoms with Gasteiger partial charge in [0, 0.05) is 6.07 Å². The van der Waals surface area contributed by atoms with Gasteiger partial charge >= 0.3 is 0 Å². The van der Waals surface area contributed by atoms with Crippen LogP contribution in [0.5, 0.6) is 0 Å². The number of rotatable bonds is 2. The summed E-state index contributed by atoms with van der Waals surface area (Å²) in [5.41, 5.74) is -1.84. The highest BCUT2D eigenvalue weighted by Gasteiger charge is 2.25. The number of nitriles is 1. The molecule has 0 unspecified atom stereocenters. The number of alkyl halides is 2. The van der Waals surface area contributed by atoms with E-state index in [0.717, 1.165) is 6.07 Å². The van der Waals surface area contributed by atoms with E-state index in [2.05, 4.69) is 4.98 Å². The number of pyridine rings is 1. The van der Waals surface area contributed by atoms with Crippen LogP contribution < -0.4 is 0 Å². The van der Waals surface area contributed by atoms with Gasteiger partial charge in [0.05, 0.1) is 10.5 Å². The van der Waals surface area contributed by atoms with Gasteiger partial charge in [-0.05, 0) is 22.6 Å². The highest BCUT2D eigenvalue weighted by Crippen LogP contribution is 2.29. The molecule has 0 fully saturated rings. The van der Waals surface area contributed by atoms with Gasteiger partial charge < -0.3 is 0 Å². The normalized spacial score (nSPS) is 10.1. The molecule has 0 aliphatic heterocycles. The molecule has 0 saturated heterocycles. The van der Waals surface area contributed by atoms with E-state index >= 15 is 0 Å². The van der Waals surface area contributed by atoms with Crippen molar-refractivity contribution in [3.8, 4) is 6.07 Å². The van der Waals surface area contributed by atoms with E-state index < -0.39 is 22.7 Å². The van der Waals surface area contributed by atoms with Gasteiger partial charge in [-0.25, -0.2) is 13.8 Å². The lowest BCUT2D eigenvalue weighted by molar-refractivity contribution is -0.386. The minimum atomic E-state index is -3.04. The van der Waals surface area contributed by atoms with Crippen LogP contribution in [0.4, 0.5) is 14.5 Å². The van der Waals surface area contributed by atoms with E-state index in [1.165, 1.54) is 0 Å². The summed E-state index contributed by atoms with van der Waals surface area (Å²) in [5.74, 6) is 0. The molecule has 0 radical (unpaired) electrons. The Morgan fingerprint density at radius 2 is 2.27 bits per heavy atom. The number of aromatic nitrogens is 1. The summed E-state index contributed by atoms with van der Waals surface area (Å²) in [6, 6.07) is 2.44. The molecular formula is C7H2F2IN3O2. The van der Waals surface area contributed by atoms with Crippen molar-refractivity contribution in [2.45, 2.75) is 6.43 Å². The second-order valence-corrected chi connectivity index (χ2v) is 3.42. The lowest BCUT2D eigenvalue weighted by Crippen LogP contribution is -2.02. The first kappa shape index (κ1) is 11.7. The number of nitro groups is 1. The third kappa shape index (κ3) is 2.35. The van der Waals surface area contributed by atoms with E-state index in [0.29, 0.717) is 0 Å². The molecule has 0 spiro atoms. The second kappa shape index (κ2) is 4.43.